The van der Waals surface area contributed by atoms with Crippen LogP contribution < -0.4 is 5.32 Å². The molecule has 0 aromatic heterocycles. The minimum atomic E-state index is -0.443. The maximum Gasteiger partial charge on any atom is 0.340 e. The lowest BCUT2D eigenvalue weighted by Gasteiger charge is -2.32. The molecule has 1 heterocycles. The number of nitrogens with one attached hydrogen (secondary N) is 1. The topological polar surface area (TPSA) is 58.6 Å². The van der Waals surface area contributed by atoms with Crippen molar-refractivity contribution in [1.82, 2.24) is 4.90 Å². The van der Waals surface area contributed by atoms with Crippen LogP contribution >= 0.6 is 0 Å². The molecule has 1 N–H and O–H groups in total. The van der Waals surface area contributed by atoms with E-state index in [0.29, 0.717) is 16.8 Å². The molecule has 5 nitrogen and oxygen atoms in total. The van der Waals surface area contributed by atoms with Gasteiger partial charge in [0.15, 0.2) is 0 Å². The number of carbonyl (C=O) groups is 2. The fourth-order valence-electron chi connectivity index (χ4n) is 4.49. The van der Waals surface area contributed by atoms with Crippen molar-refractivity contribution in [3.63, 3.8) is 0 Å². The molecule has 0 bridgehead atoms. The molecule has 1 saturated heterocycles. The minimum Gasteiger partial charge on any atom is -0.462 e. The van der Waals surface area contributed by atoms with E-state index in [9.17, 15) is 9.59 Å². The Morgan fingerprint density at radius 2 is 1.56 bits per heavy atom. The molecule has 34 heavy (non-hydrogen) atoms. The van der Waals surface area contributed by atoms with E-state index >= 15 is 0 Å². The van der Waals surface area contributed by atoms with Crippen LogP contribution in [0.2, 0.25) is 0 Å². The Morgan fingerprint density at radius 1 is 0.882 bits per heavy atom. The first-order valence-electron chi connectivity index (χ1n) is 12.0. The number of para-hydroxylation sites is 1. The maximum atomic E-state index is 12.8. The second-order valence-electron chi connectivity index (χ2n) is 8.83. The molecule has 1 amide bonds. The summed E-state index contributed by atoms with van der Waals surface area (Å²) in [5.41, 5.74) is 3.99. The summed E-state index contributed by atoms with van der Waals surface area (Å²) in [4.78, 5) is 27.4. The molecule has 0 saturated carbocycles. The summed E-state index contributed by atoms with van der Waals surface area (Å²) in [6, 6.07) is 25.4. The van der Waals surface area contributed by atoms with Crippen LogP contribution in [0.25, 0.3) is 0 Å². The molecule has 4 rings (SSSR count). The number of esters is 1. The quantitative estimate of drug-likeness (QED) is 0.450. The van der Waals surface area contributed by atoms with Gasteiger partial charge < -0.3 is 10.1 Å². The zero-order chi connectivity index (χ0) is 23.8. The Kier molecular flexibility index (Phi) is 8.10. The van der Waals surface area contributed by atoms with Gasteiger partial charge in [0.05, 0.1) is 17.9 Å². The van der Waals surface area contributed by atoms with Gasteiger partial charge in [0.1, 0.15) is 0 Å². The molecule has 0 spiro atoms. The van der Waals surface area contributed by atoms with Crippen LogP contribution in [-0.4, -0.2) is 36.5 Å². The maximum absolute atomic E-state index is 12.8. The van der Waals surface area contributed by atoms with Crippen molar-refractivity contribution in [2.75, 3.05) is 25.0 Å². The predicted molar refractivity (Wildman–Crippen MR) is 135 cm³/mol. The average Bonchev–Trinajstić information content (AvgIpc) is 2.87. The van der Waals surface area contributed by atoms with Crippen LogP contribution in [0, 0.1) is 5.92 Å². The first-order chi connectivity index (χ1) is 16.6. The second kappa shape index (κ2) is 11.6. The van der Waals surface area contributed by atoms with Gasteiger partial charge in [-0.05, 0) is 80.6 Å². The number of hydrogen-bond donors (Lipinski definition) is 1. The molecule has 3 aromatic carbocycles. The van der Waals surface area contributed by atoms with Crippen molar-refractivity contribution >= 4 is 17.6 Å². The third kappa shape index (κ3) is 6.33. The molecule has 0 aliphatic carbocycles. The molecule has 3 aromatic rings. The van der Waals surface area contributed by atoms with Gasteiger partial charge in [0, 0.05) is 12.1 Å². The number of amides is 1. The zero-order valence-electron chi connectivity index (χ0n) is 19.7. The number of ether oxygens (including phenoxy) is 1. The second-order valence-corrected chi connectivity index (χ2v) is 8.83. The SMILES string of the molecule is CCOC(=O)c1ccccc1NC(=O)c1ccc(CN2CCC(Cc3ccccc3)CC2)cc1. The molecule has 1 fully saturated rings. The molecule has 5 heteroatoms. The molecule has 1 aliphatic heterocycles. The predicted octanol–water partition coefficient (Wildman–Crippen LogP) is 5.57. The van der Waals surface area contributed by atoms with Crippen molar-refractivity contribution in [3.05, 3.63) is 101 Å². The fraction of sp³-hybridized carbons (Fsp3) is 0.310. The summed E-state index contributed by atoms with van der Waals surface area (Å²) in [7, 11) is 0. The van der Waals surface area contributed by atoms with Gasteiger partial charge in [0.2, 0.25) is 0 Å². The van der Waals surface area contributed by atoms with Gasteiger partial charge in [-0.25, -0.2) is 4.79 Å². The van der Waals surface area contributed by atoms with E-state index < -0.39 is 5.97 Å². The third-order valence-corrected chi connectivity index (χ3v) is 6.37. The van der Waals surface area contributed by atoms with E-state index in [0.717, 1.165) is 32.0 Å². The number of rotatable bonds is 8. The van der Waals surface area contributed by atoms with Crippen molar-refractivity contribution in [3.8, 4) is 0 Å². The number of likely N-dealkylation sites (tertiary alicyclic amines) is 1. The molecule has 0 unspecified atom stereocenters. The number of carbonyl (C=O) groups excluding carboxylic acids is 2. The van der Waals surface area contributed by atoms with E-state index in [4.69, 9.17) is 4.74 Å². The summed E-state index contributed by atoms with van der Waals surface area (Å²) in [5.74, 6) is 0.0634. The summed E-state index contributed by atoms with van der Waals surface area (Å²) < 4.78 is 5.09. The van der Waals surface area contributed by atoms with Crippen molar-refractivity contribution in [2.24, 2.45) is 5.92 Å². The smallest absolute Gasteiger partial charge is 0.340 e. The summed E-state index contributed by atoms with van der Waals surface area (Å²) >= 11 is 0. The highest BCUT2D eigenvalue weighted by Crippen LogP contribution is 2.23. The fourth-order valence-corrected chi connectivity index (χ4v) is 4.49. The van der Waals surface area contributed by atoms with E-state index in [2.05, 4.69) is 40.5 Å². The molecule has 0 radical (unpaired) electrons. The lowest BCUT2D eigenvalue weighted by atomic mass is 9.90. The van der Waals surface area contributed by atoms with E-state index in [1.165, 1.54) is 24.0 Å². The van der Waals surface area contributed by atoms with Gasteiger partial charge >= 0.3 is 5.97 Å². The Bertz CT molecular complexity index is 1090. The lowest BCUT2D eigenvalue weighted by molar-refractivity contribution is 0.0527. The first kappa shape index (κ1) is 23.7. The highest BCUT2D eigenvalue weighted by atomic mass is 16.5. The molecule has 176 valence electrons. The number of piperidine rings is 1. The highest BCUT2D eigenvalue weighted by Gasteiger charge is 2.20. The highest BCUT2D eigenvalue weighted by molar-refractivity contribution is 6.08. The van der Waals surface area contributed by atoms with E-state index in [1.54, 1.807) is 31.2 Å². The normalized spacial score (nSPS) is 14.5. The monoisotopic (exact) mass is 456 g/mol. The largest absolute Gasteiger partial charge is 0.462 e. The summed E-state index contributed by atoms with van der Waals surface area (Å²) in [5, 5.41) is 2.84. The van der Waals surface area contributed by atoms with E-state index in [1.807, 2.05) is 24.3 Å². The number of benzene rings is 3. The Morgan fingerprint density at radius 3 is 2.26 bits per heavy atom. The minimum absolute atomic E-state index is 0.245. The van der Waals surface area contributed by atoms with Crippen LogP contribution in [0.15, 0.2) is 78.9 Å². The van der Waals surface area contributed by atoms with Gasteiger partial charge in [-0.3, -0.25) is 9.69 Å². The van der Waals surface area contributed by atoms with Crippen molar-refractivity contribution < 1.29 is 14.3 Å². The van der Waals surface area contributed by atoms with Gasteiger partial charge in [-0.2, -0.15) is 0 Å². The number of hydrogen-bond acceptors (Lipinski definition) is 4. The van der Waals surface area contributed by atoms with Gasteiger partial charge in [-0.1, -0.05) is 54.6 Å². The Balaban J connectivity index is 1.29. The molecule has 1 aliphatic rings. The van der Waals surface area contributed by atoms with Crippen molar-refractivity contribution in [2.45, 2.75) is 32.7 Å². The lowest BCUT2D eigenvalue weighted by Crippen LogP contribution is -2.33. The van der Waals surface area contributed by atoms with Gasteiger partial charge in [-0.15, -0.1) is 0 Å². The van der Waals surface area contributed by atoms with E-state index in [-0.39, 0.29) is 12.5 Å². The zero-order valence-corrected chi connectivity index (χ0v) is 19.7. The summed E-state index contributed by atoms with van der Waals surface area (Å²) in [6.45, 7) is 5.14. The third-order valence-electron chi connectivity index (χ3n) is 6.37. The van der Waals surface area contributed by atoms with Crippen LogP contribution in [0.5, 0.6) is 0 Å². The molecule has 0 atom stereocenters. The number of anilines is 1. The first-order valence-corrected chi connectivity index (χ1v) is 12.0. The summed E-state index contributed by atoms with van der Waals surface area (Å²) in [6.07, 6.45) is 3.60. The van der Waals surface area contributed by atoms with Crippen LogP contribution in [0.3, 0.4) is 0 Å². The number of nitrogens with zero attached hydrogens (tertiary/aromatic N) is 1. The standard InChI is InChI=1S/C29H32N2O3/c1-2-34-29(33)26-10-6-7-11-27(26)30-28(32)25-14-12-24(13-15-25)21-31-18-16-23(17-19-31)20-22-8-4-3-5-9-22/h3-15,23H,2,16-21H2,1H3,(H,30,32). The van der Waals surface area contributed by atoms with Crippen LogP contribution in [-0.2, 0) is 17.7 Å². The van der Waals surface area contributed by atoms with Crippen LogP contribution in [0.4, 0.5) is 5.69 Å². The van der Waals surface area contributed by atoms with Crippen LogP contribution in [0.1, 0.15) is 51.6 Å². The Hall–Kier alpha value is -3.44. The van der Waals surface area contributed by atoms with Gasteiger partial charge in [0.25, 0.3) is 5.91 Å². The molecular weight excluding hydrogens is 424 g/mol. The average molecular weight is 457 g/mol. The molecular formula is C29H32N2O3. The van der Waals surface area contributed by atoms with Crippen molar-refractivity contribution in [1.29, 1.82) is 0 Å². The Labute approximate surface area is 201 Å².